The predicted molar refractivity (Wildman–Crippen MR) is 91.6 cm³/mol. The van der Waals surface area contributed by atoms with Crippen molar-refractivity contribution in [2.75, 3.05) is 13.7 Å². The maximum Gasteiger partial charge on any atom is 0.331 e. The van der Waals surface area contributed by atoms with Gasteiger partial charge in [0.25, 0.3) is 15.9 Å². The molecule has 0 saturated heterocycles. The Morgan fingerprint density at radius 2 is 2.00 bits per heavy atom. The summed E-state index contributed by atoms with van der Waals surface area (Å²) in [5.41, 5.74) is 0.412. The van der Waals surface area contributed by atoms with Gasteiger partial charge >= 0.3 is 5.97 Å². The molecule has 8 nitrogen and oxygen atoms in total. The van der Waals surface area contributed by atoms with E-state index in [4.69, 9.17) is 4.74 Å². The molecule has 1 aromatic rings. The van der Waals surface area contributed by atoms with Crippen molar-refractivity contribution in [3.8, 4) is 0 Å². The van der Waals surface area contributed by atoms with Gasteiger partial charge in [-0.15, -0.1) is 0 Å². The van der Waals surface area contributed by atoms with Crippen molar-refractivity contribution in [3.05, 3.63) is 29.8 Å². The van der Waals surface area contributed by atoms with Crippen molar-refractivity contribution in [1.82, 2.24) is 10.0 Å². The highest BCUT2D eigenvalue weighted by Gasteiger charge is 2.33. The fraction of sp³-hybridized carbons (Fsp3) is 0.438. The molecule has 0 aromatic heterocycles. The molecule has 0 bridgehead atoms. The zero-order chi connectivity index (χ0) is 18.6. The summed E-state index contributed by atoms with van der Waals surface area (Å²) in [6.45, 7) is 3.29. The fourth-order valence-electron chi connectivity index (χ4n) is 2.30. The number of nitrogens with zero attached hydrogens (tertiary/aromatic N) is 1. The third-order valence-electron chi connectivity index (χ3n) is 3.98. The molecule has 25 heavy (non-hydrogen) atoms. The molecule has 2 atom stereocenters. The van der Waals surface area contributed by atoms with Crippen molar-refractivity contribution in [2.24, 2.45) is 10.9 Å². The lowest BCUT2D eigenvalue weighted by atomic mass is 9.99. The van der Waals surface area contributed by atoms with E-state index in [0.717, 1.165) is 0 Å². The second-order valence-electron chi connectivity index (χ2n) is 5.69. The van der Waals surface area contributed by atoms with Crippen LogP contribution in [-0.4, -0.2) is 45.8 Å². The number of aliphatic imine (C=N–C) groups is 1. The van der Waals surface area contributed by atoms with E-state index < -0.39 is 34.5 Å². The molecule has 136 valence electrons. The van der Waals surface area contributed by atoms with Gasteiger partial charge in [-0.25, -0.2) is 13.2 Å². The highest BCUT2D eigenvalue weighted by Crippen LogP contribution is 2.24. The molecular weight excluding hydrogens is 346 g/mol. The number of hydrogen-bond donors (Lipinski definition) is 2. The molecule has 1 aliphatic rings. The van der Waals surface area contributed by atoms with Crippen LogP contribution in [0.5, 0.6) is 0 Å². The SMILES string of the molecule is CC[C@H](C)[C@H](N=C1NS(=O)(=O)c2ccccc21)C(=O)OCC(=O)NC. The van der Waals surface area contributed by atoms with E-state index in [1.165, 1.54) is 13.1 Å². The van der Waals surface area contributed by atoms with Crippen LogP contribution >= 0.6 is 0 Å². The maximum atomic E-state index is 12.3. The zero-order valence-corrected chi connectivity index (χ0v) is 15.1. The molecule has 1 heterocycles. The third kappa shape index (κ3) is 4.16. The number of fused-ring (bicyclic) bond motifs is 1. The number of hydrogen-bond acceptors (Lipinski definition) is 6. The van der Waals surface area contributed by atoms with Gasteiger partial charge < -0.3 is 10.1 Å². The number of ether oxygens (including phenoxy) is 1. The van der Waals surface area contributed by atoms with Crippen molar-refractivity contribution in [1.29, 1.82) is 0 Å². The number of esters is 1. The second kappa shape index (κ2) is 7.64. The first-order valence-corrected chi connectivity index (χ1v) is 9.35. The van der Waals surface area contributed by atoms with Gasteiger partial charge in [-0.05, 0) is 18.1 Å². The van der Waals surface area contributed by atoms with E-state index in [2.05, 4.69) is 15.0 Å². The molecular formula is C16H21N3O5S. The summed E-state index contributed by atoms with van der Waals surface area (Å²) in [5.74, 6) is -1.19. The normalized spacial score (nSPS) is 18.8. The Kier molecular flexibility index (Phi) is 5.78. The van der Waals surface area contributed by atoms with E-state index >= 15 is 0 Å². The van der Waals surface area contributed by atoms with Crippen LogP contribution in [0, 0.1) is 5.92 Å². The first kappa shape index (κ1) is 18.9. The monoisotopic (exact) mass is 367 g/mol. The van der Waals surface area contributed by atoms with Crippen molar-refractivity contribution < 1.29 is 22.7 Å². The highest BCUT2D eigenvalue weighted by atomic mass is 32.2. The number of likely N-dealkylation sites (N-methyl/N-ethyl adjacent to an activating group) is 1. The summed E-state index contributed by atoms with van der Waals surface area (Å²) in [6.07, 6.45) is 0.630. The van der Waals surface area contributed by atoms with Crippen LogP contribution in [-0.2, 0) is 24.3 Å². The number of amidine groups is 1. The molecule has 1 aromatic carbocycles. The number of amides is 1. The minimum absolute atomic E-state index is 0.109. The average Bonchev–Trinajstić information content (AvgIpc) is 2.87. The van der Waals surface area contributed by atoms with Gasteiger partial charge in [-0.1, -0.05) is 32.4 Å². The molecule has 0 spiro atoms. The molecule has 0 saturated carbocycles. The summed E-state index contributed by atoms with van der Waals surface area (Å²) in [4.78, 5) is 28.0. The van der Waals surface area contributed by atoms with Crippen LogP contribution in [0.3, 0.4) is 0 Å². The number of carbonyl (C=O) groups is 2. The van der Waals surface area contributed by atoms with Crippen molar-refractivity contribution >= 4 is 27.7 Å². The fourth-order valence-corrected chi connectivity index (χ4v) is 3.54. The standard InChI is InChI=1S/C16H21N3O5S/c1-4-10(2)14(16(21)24-9-13(20)17-3)18-15-11-7-5-6-8-12(11)25(22,23)19-15/h5-8,10,14H,4,9H2,1-3H3,(H,17,20)(H,18,19)/t10-,14-/m0/s1. The Morgan fingerprint density at radius 1 is 1.32 bits per heavy atom. The molecule has 1 amide bonds. The molecule has 0 aliphatic carbocycles. The Bertz CT molecular complexity index is 804. The summed E-state index contributed by atoms with van der Waals surface area (Å²) in [5, 5.41) is 2.36. The van der Waals surface area contributed by atoms with E-state index in [-0.39, 0.29) is 16.6 Å². The Morgan fingerprint density at radius 3 is 2.64 bits per heavy atom. The summed E-state index contributed by atoms with van der Waals surface area (Å²) in [6, 6.07) is 5.49. The lowest BCUT2D eigenvalue weighted by molar-refractivity contribution is -0.150. The molecule has 0 radical (unpaired) electrons. The first-order valence-electron chi connectivity index (χ1n) is 7.87. The average molecular weight is 367 g/mol. The van der Waals surface area contributed by atoms with Gasteiger partial charge in [0.1, 0.15) is 5.84 Å². The molecule has 0 unspecified atom stereocenters. The quantitative estimate of drug-likeness (QED) is 0.708. The number of carbonyl (C=O) groups excluding carboxylic acids is 2. The largest absolute Gasteiger partial charge is 0.454 e. The van der Waals surface area contributed by atoms with E-state index in [0.29, 0.717) is 12.0 Å². The number of rotatable bonds is 6. The maximum absolute atomic E-state index is 12.3. The molecule has 1 aliphatic heterocycles. The molecule has 0 fully saturated rings. The highest BCUT2D eigenvalue weighted by molar-refractivity contribution is 7.90. The van der Waals surface area contributed by atoms with Crippen LogP contribution in [0.4, 0.5) is 0 Å². The topological polar surface area (TPSA) is 114 Å². The van der Waals surface area contributed by atoms with Gasteiger partial charge in [0.05, 0.1) is 4.90 Å². The Hall–Kier alpha value is -2.42. The van der Waals surface area contributed by atoms with Crippen LogP contribution in [0.15, 0.2) is 34.2 Å². The summed E-state index contributed by atoms with van der Waals surface area (Å²) in [7, 11) is -2.25. The number of nitrogens with one attached hydrogen (secondary N) is 2. The predicted octanol–water partition coefficient (Wildman–Crippen LogP) is 0.429. The smallest absolute Gasteiger partial charge is 0.331 e. The van der Waals surface area contributed by atoms with Crippen LogP contribution < -0.4 is 10.0 Å². The van der Waals surface area contributed by atoms with Gasteiger partial charge in [0.15, 0.2) is 12.6 Å². The summed E-state index contributed by atoms with van der Waals surface area (Å²) >= 11 is 0. The van der Waals surface area contributed by atoms with E-state index in [1.54, 1.807) is 18.2 Å². The summed E-state index contributed by atoms with van der Waals surface area (Å²) < 4.78 is 31.7. The second-order valence-corrected chi connectivity index (χ2v) is 7.34. The van der Waals surface area contributed by atoms with Crippen molar-refractivity contribution in [2.45, 2.75) is 31.2 Å². The van der Waals surface area contributed by atoms with Gasteiger partial charge in [0.2, 0.25) is 0 Å². The Labute approximate surface area is 146 Å². The van der Waals surface area contributed by atoms with Gasteiger partial charge in [0, 0.05) is 12.6 Å². The van der Waals surface area contributed by atoms with E-state index in [1.807, 2.05) is 13.8 Å². The van der Waals surface area contributed by atoms with Crippen LogP contribution in [0.2, 0.25) is 0 Å². The van der Waals surface area contributed by atoms with Crippen molar-refractivity contribution in [3.63, 3.8) is 0 Å². The van der Waals surface area contributed by atoms with Crippen LogP contribution in [0.1, 0.15) is 25.8 Å². The van der Waals surface area contributed by atoms with E-state index in [9.17, 15) is 18.0 Å². The lowest BCUT2D eigenvalue weighted by Crippen LogP contribution is -2.34. The first-order chi connectivity index (χ1) is 11.8. The van der Waals surface area contributed by atoms with Gasteiger partial charge in [-0.2, -0.15) is 0 Å². The third-order valence-corrected chi connectivity index (χ3v) is 5.38. The zero-order valence-electron chi connectivity index (χ0n) is 14.3. The molecule has 9 heteroatoms. The minimum atomic E-state index is -3.69. The Balaban J connectivity index is 2.33. The number of sulfonamides is 1. The van der Waals surface area contributed by atoms with Gasteiger partial charge in [-0.3, -0.25) is 14.5 Å². The van der Waals surface area contributed by atoms with Crippen LogP contribution in [0.25, 0.3) is 0 Å². The molecule has 2 rings (SSSR count). The minimum Gasteiger partial charge on any atom is -0.454 e. The lowest BCUT2D eigenvalue weighted by Gasteiger charge is -2.18. The number of benzene rings is 1. The molecule has 2 N–H and O–H groups in total.